The minimum atomic E-state index is -0.214. The van der Waals surface area contributed by atoms with Crippen LogP contribution in [0, 0.1) is 5.92 Å². The van der Waals surface area contributed by atoms with Crippen molar-refractivity contribution in [2.24, 2.45) is 5.92 Å². The van der Waals surface area contributed by atoms with Crippen molar-refractivity contribution in [1.82, 2.24) is 25.4 Å². The van der Waals surface area contributed by atoms with Crippen LogP contribution in [0.2, 0.25) is 5.02 Å². The second-order valence-electron chi connectivity index (χ2n) is 9.97. The molecular formula is C29H28ClN5O3. The molecule has 0 bridgehead atoms. The molecule has 4 aromatic rings. The zero-order valence-electron chi connectivity index (χ0n) is 20.8. The molecule has 1 unspecified atom stereocenters. The van der Waals surface area contributed by atoms with Crippen molar-refractivity contribution >= 4 is 34.8 Å². The number of rotatable bonds is 8. The Bertz CT molecular complexity index is 1460. The summed E-state index contributed by atoms with van der Waals surface area (Å²) in [6.45, 7) is 1.44. The lowest BCUT2D eigenvalue weighted by molar-refractivity contribution is -0.119. The Morgan fingerprint density at radius 1 is 1.11 bits per heavy atom. The first-order valence-electron chi connectivity index (χ1n) is 12.9. The average molecular weight is 530 g/mol. The quantitative estimate of drug-likeness (QED) is 0.307. The van der Waals surface area contributed by atoms with Crippen LogP contribution in [0.1, 0.15) is 47.8 Å². The van der Waals surface area contributed by atoms with E-state index in [0.717, 1.165) is 73.1 Å². The molecule has 1 saturated carbocycles. The lowest BCUT2D eigenvalue weighted by atomic mass is 10.0. The van der Waals surface area contributed by atoms with Crippen LogP contribution in [-0.4, -0.2) is 51.6 Å². The SMILES string of the molecule is O=CN1CCC(Oc2ccc(-c3n[nH]c4ccc(C(=O)NC(c5ncccc5Cl)C5CC5)cc34)cc2)CC1. The summed E-state index contributed by atoms with van der Waals surface area (Å²) in [5.41, 5.74) is 3.82. The van der Waals surface area contributed by atoms with E-state index < -0.39 is 0 Å². The van der Waals surface area contributed by atoms with Gasteiger partial charge in [-0.1, -0.05) is 11.6 Å². The van der Waals surface area contributed by atoms with Gasteiger partial charge in [0.25, 0.3) is 5.91 Å². The Morgan fingerprint density at radius 3 is 2.61 bits per heavy atom. The van der Waals surface area contributed by atoms with Gasteiger partial charge in [0, 0.05) is 48.6 Å². The van der Waals surface area contributed by atoms with Gasteiger partial charge in [-0.25, -0.2) is 0 Å². The summed E-state index contributed by atoms with van der Waals surface area (Å²) in [6.07, 6.45) is 6.44. The van der Waals surface area contributed by atoms with Gasteiger partial charge in [0.1, 0.15) is 11.9 Å². The molecule has 1 saturated heterocycles. The van der Waals surface area contributed by atoms with Crippen LogP contribution in [0.15, 0.2) is 60.8 Å². The molecule has 194 valence electrons. The number of pyridine rings is 1. The fourth-order valence-corrected chi connectivity index (χ4v) is 5.29. The summed E-state index contributed by atoms with van der Waals surface area (Å²) in [7, 11) is 0. The van der Waals surface area contributed by atoms with E-state index >= 15 is 0 Å². The summed E-state index contributed by atoms with van der Waals surface area (Å²) < 4.78 is 6.13. The molecule has 2 aliphatic rings. The number of ether oxygens (including phenoxy) is 1. The number of piperidine rings is 1. The van der Waals surface area contributed by atoms with E-state index in [2.05, 4.69) is 20.5 Å². The van der Waals surface area contributed by atoms with Crippen LogP contribution in [0.4, 0.5) is 0 Å². The smallest absolute Gasteiger partial charge is 0.251 e. The molecular weight excluding hydrogens is 502 g/mol. The van der Waals surface area contributed by atoms with Crippen molar-refractivity contribution in [3.63, 3.8) is 0 Å². The molecule has 9 heteroatoms. The standard InChI is InChI=1S/C29H28ClN5O3/c30-24-2-1-13-31-28(24)27(19-3-4-19)32-29(37)20-7-10-25-23(16-20)26(34-33-25)18-5-8-21(9-6-18)38-22-11-14-35(17-36)15-12-22/h1-2,5-10,13,16-17,19,22,27H,3-4,11-12,14-15H2,(H,32,37)(H,33,34). The Balaban J connectivity index is 1.19. The highest BCUT2D eigenvalue weighted by Gasteiger charge is 2.35. The molecule has 2 N–H and O–H groups in total. The number of hydrogen-bond acceptors (Lipinski definition) is 5. The first kappa shape index (κ1) is 24.4. The van der Waals surface area contributed by atoms with Gasteiger partial charge in [-0.05, 0) is 73.4 Å². The summed E-state index contributed by atoms with van der Waals surface area (Å²) >= 11 is 6.40. The number of aromatic amines is 1. The van der Waals surface area contributed by atoms with Crippen molar-refractivity contribution in [3.05, 3.63) is 77.1 Å². The summed E-state index contributed by atoms with van der Waals surface area (Å²) in [5.74, 6) is 0.970. The van der Waals surface area contributed by atoms with Crippen molar-refractivity contribution in [3.8, 4) is 17.0 Å². The number of fused-ring (bicyclic) bond motifs is 1. The molecule has 1 atom stereocenters. The van der Waals surface area contributed by atoms with Crippen molar-refractivity contribution in [1.29, 1.82) is 0 Å². The number of H-pyrrole nitrogens is 1. The zero-order valence-corrected chi connectivity index (χ0v) is 21.5. The van der Waals surface area contributed by atoms with Crippen LogP contribution in [-0.2, 0) is 4.79 Å². The number of nitrogens with one attached hydrogen (secondary N) is 2. The zero-order chi connectivity index (χ0) is 26.1. The van der Waals surface area contributed by atoms with Crippen LogP contribution in [0.5, 0.6) is 5.75 Å². The van der Waals surface area contributed by atoms with Crippen LogP contribution in [0.25, 0.3) is 22.2 Å². The van der Waals surface area contributed by atoms with E-state index in [9.17, 15) is 9.59 Å². The molecule has 2 amide bonds. The van der Waals surface area contributed by atoms with E-state index in [4.69, 9.17) is 16.3 Å². The van der Waals surface area contributed by atoms with E-state index in [1.54, 1.807) is 23.2 Å². The van der Waals surface area contributed by atoms with Crippen LogP contribution < -0.4 is 10.1 Å². The topological polar surface area (TPSA) is 100 Å². The molecule has 6 rings (SSSR count). The molecule has 8 nitrogen and oxygen atoms in total. The Morgan fingerprint density at radius 2 is 1.89 bits per heavy atom. The van der Waals surface area contributed by atoms with Gasteiger partial charge in [-0.3, -0.25) is 19.7 Å². The summed E-state index contributed by atoms with van der Waals surface area (Å²) in [6, 6.07) is 16.8. The lowest BCUT2D eigenvalue weighted by Crippen LogP contribution is -2.37. The number of carbonyl (C=O) groups excluding carboxylic acids is 2. The maximum absolute atomic E-state index is 13.3. The number of benzene rings is 2. The Hall–Kier alpha value is -3.91. The highest BCUT2D eigenvalue weighted by atomic mass is 35.5. The van der Waals surface area contributed by atoms with Gasteiger partial charge in [-0.2, -0.15) is 5.10 Å². The van der Waals surface area contributed by atoms with Gasteiger partial charge in [0.2, 0.25) is 6.41 Å². The highest BCUT2D eigenvalue weighted by molar-refractivity contribution is 6.31. The fraction of sp³-hybridized carbons (Fsp3) is 0.310. The highest BCUT2D eigenvalue weighted by Crippen LogP contribution is 2.42. The number of amides is 2. The van der Waals surface area contributed by atoms with Gasteiger partial charge in [0.15, 0.2) is 0 Å². The van der Waals surface area contributed by atoms with E-state index in [-0.39, 0.29) is 18.1 Å². The third-order valence-electron chi connectivity index (χ3n) is 7.34. The lowest BCUT2D eigenvalue weighted by Gasteiger charge is -2.29. The molecule has 3 heterocycles. The maximum Gasteiger partial charge on any atom is 0.251 e. The predicted molar refractivity (Wildman–Crippen MR) is 145 cm³/mol. The van der Waals surface area contributed by atoms with Crippen molar-refractivity contribution < 1.29 is 14.3 Å². The van der Waals surface area contributed by atoms with E-state index in [1.807, 2.05) is 42.5 Å². The second-order valence-corrected chi connectivity index (χ2v) is 10.4. The van der Waals surface area contributed by atoms with Gasteiger partial charge in [-0.15, -0.1) is 0 Å². The van der Waals surface area contributed by atoms with Crippen molar-refractivity contribution in [2.75, 3.05) is 13.1 Å². The molecule has 38 heavy (non-hydrogen) atoms. The number of hydrogen-bond donors (Lipinski definition) is 2. The van der Waals surface area contributed by atoms with Gasteiger partial charge in [0.05, 0.1) is 28.0 Å². The molecule has 0 radical (unpaired) electrons. The summed E-state index contributed by atoms with van der Waals surface area (Å²) in [5, 5.41) is 12.2. The van der Waals surface area contributed by atoms with Crippen LogP contribution >= 0.6 is 11.6 Å². The number of aromatic nitrogens is 3. The Labute approximate surface area is 225 Å². The first-order valence-corrected chi connectivity index (χ1v) is 13.3. The number of likely N-dealkylation sites (tertiary alicyclic amines) is 1. The predicted octanol–water partition coefficient (Wildman–Crippen LogP) is 5.16. The fourth-order valence-electron chi connectivity index (χ4n) is 5.05. The first-order chi connectivity index (χ1) is 18.6. The molecule has 2 aromatic heterocycles. The van der Waals surface area contributed by atoms with Gasteiger partial charge < -0.3 is 15.0 Å². The average Bonchev–Trinajstić information content (AvgIpc) is 3.71. The second kappa shape index (κ2) is 10.5. The normalized spacial score (nSPS) is 16.8. The van der Waals surface area contributed by atoms with E-state index in [0.29, 0.717) is 22.2 Å². The van der Waals surface area contributed by atoms with E-state index in [1.165, 1.54) is 0 Å². The number of nitrogens with zero attached hydrogens (tertiary/aromatic N) is 3. The third kappa shape index (κ3) is 5.09. The van der Waals surface area contributed by atoms with Gasteiger partial charge >= 0.3 is 0 Å². The summed E-state index contributed by atoms with van der Waals surface area (Å²) in [4.78, 5) is 30.5. The molecule has 1 aliphatic carbocycles. The minimum Gasteiger partial charge on any atom is -0.490 e. The monoisotopic (exact) mass is 529 g/mol. The largest absolute Gasteiger partial charge is 0.490 e. The van der Waals surface area contributed by atoms with Crippen molar-refractivity contribution in [2.45, 2.75) is 37.8 Å². The number of carbonyl (C=O) groups is 2. The molecule has 2 aromatic carbocycles. The molecule has 1 aliphatic heterocycles. The third-order valence-corrected chi connectivity index (χ3v) is 7.66. The van der Waals surface area contributed by atoms with Crippen LogP contribution in [0.3, 0.4) is 0 Å². The molecule has 0 spiro atoms. The molecule has 2 fully saturated rings. The Kier molecular flexibility index (Phi) is 6.72. The maximum atomic E-state index is 13.3. The minimum absolute atomic E-state index is 0.102. The number of halogens is 1.